The van der Waals surface area contributed by atoms with Crippen LogP contribution < -0.4 is 0 Å². The molecule has 0 saturated heterocycles. The molecule has 1 aromatic carbocycles. The first-order chi connectivity index (χ1) is 8.50. The number of carboxylic acid groups (broad SMARTS) is 1. The van der Waals surface area contributed by atoms with Crippen molar-refractivity contribution in [2.24, 2.45) is 0 Å². The van der Waals surface area contributed by atoms with Gasteiger partial charge in [-0.1, -0.05) is 12.1 Å². The molecule has 1 rings (SSSR count). The SMILES string of the molecule is CCN(C=O)C(C)(C(=O)O)c1ccc(SC)cc1. The summed E-state index contributed by atoms with van der Waals surface area (Å²) in [5.74, 6) is -1.03. The Balaban J connectivity index is 3.25. The normalized spacial score (nSPS) is 13.7. The highest BCUT2D eigenvalue weighted by molar-refractivity contribution is 7.98. The van der Waals surface area contributed by atoms with E-state index in [0.717, 1.165) is 4.90 Å². The Hall–Kier alpha value is -1.49. The molecular weight excluding hydrogens is 250 g/mol. The van der Waals surface area contributed by atoms with E-state index in [0.29, 0.717) is 18.5 Å². The molecule has 0 spiro atoms. The number of carbonyl (C=O) groups is 2. The van der Waals surface area contributed by atoms with Crippen LogP contribution in [0.4, 0.5) is 0 Å². The monoisotopic (exact) mass is 267 g/mol. The first-order valence-corrected chi connectivity index (χ1v) is 6.83. The Morgan fingerprint density at radius 1 is 1.44 bits per heavy atom. The summed E-state index contributed by atoms with van der Waals surface area (Å²) in [6, 6.07) is 7.23. The summed E-state index contributed by atoms with van der Waals surface area (Å²) < 4.78 is 0. The maximum absolute atomic E-state index is 11.5. The van der Waals surface area contributed by atoms with Gasteiger partial charge in [0.15, 0.2) is 5.54 Å². The predicted octanol–water partition coefficient (Wildman–Crippen LogP) is 2.19. The zero-order chi connectivity index (χ0) is 13.8. The van der Waals surface area contributed by atoms with Gasteiger partial charge in [0.25, 0.3) is 0 Å². The summed E-state index contributed by atoms with van der Waals surface area (Å²) in [6.07, 6.45) is 2.53. The van der Waals surface area contributed by atoms with E-state index in [4.69, 9.17) is 0 Å². The Labute approximate surface area is 111 Å². The van der Waals surface area contributed by atoms with E-state index in [9.17, 15) is 14.7 Å². The molecule has 0 fully saturated rings. The van der Waals surface area contributed by atoms with E-state index in [-0.39, 0.29) is 0 Å². The number of hydrogen-bond acceptors (Lipinski definition) is 3. The molecule has 1 amide bonds. The average molecular weight is 267 g/mol. The van der Waals surface area contributed by atoms with Crippen LogP contribution in [0.3, 0.4) is 0 Å². The van der Waals surface area contributed by atoms with Gasteiger partial charge in [0, 0.05) is 11.4 Å². The quantitative estimate of drug-likeness (QED) is 0.634. The molecule has 4 nitrogen and oxygen atoms in total. The van der Waals surface area contributed by atoms with Crippen molar-refractivity contribution in [2.45, 2.75) is 24.3 Å². The molecule has 0 aliphatic rings. The second kappa shape index (κ2) is 5.91. The van der Waals surface area contributed by atoms with E-state index < -0.39 is 11.5 Å². The van der Waals surface area contributed by atoms with Crippen molar-refractivity contribution in [2.75, 3.05) is 12.8 Å². The Morgan fingerprint density at radius 3 is 2.33 bits per heavy atom. The molecule has 0 saturated carbocycles. The third-order valence-corrected chi connectivity index (χ3v) is 3.85. The van der Waals surface area contributed by atoms with Gasteiger partial charge in [-0.05, 0) is 37.8 Å². The largest absolute Gasteiger partial charge is 0.479 e. The number of aliphatic carboxylic acids is 1. The smallest absolute Gasteiger partial charge is 0.334 e. The lowest BCUT2D eigenvalue weighted by Gasteiger charge is -2.34. The van der Waals surface area contributed by atoms with E-state index in [2.05, 4.69) is 0 Å². The fraction of sp³-hybridized carbons (Fsp3) is 0.385. The molecule has 1 aromatic rings. The third kappa shape index (κ3) is 2.51. The second-order valence-corrected chi connectivity index (χ2v) is 4.88. The zero-order valence-corrected chi connectivity index (χ0v) is 11.5. The number of nitrogens with zero attached hydrogens (tertiary/aromatic N) is 1. The maximum Gasteiger partial charge on any atom is 0.334 e. The zero-order valence-electron chi connectivity index (χ0n) is 10.7. The van der Waals surface area contributed by atoms with Crippen molar-refractivity contribution >= 4 is 24.1 Å². The van der Waals surface area contributed by atoms with Crippen LogP contribution in [0.15, 0.2) is 29.2 Å². The Morgan fingerprint density at radius 2 is 2.00 bits per heavy atom. The number of amides is 1. The summed E-state index contributed by atoms with van der Waals surface area (Å²) in [5, 5.41) is 9.44. The van der Waals surface area contributed by atoms with Gasteiger partial charge in [0.1, 0.15) is 0 Å². The molecule has 1 N–H and O–H groups in total. The van der Waals surface area contributed by atoms with Gasteiger partial charge in [0.2, 0.25) is 6.41 Å². The third-order valence-electron chi connectivity index (χ3n) is 3.11. The average Bonchev–Trinajstić information content (AvgIpc) is 2.39. The van der Waals surface area contributed by atoms with E-state index in [1.54, 1.807) is 37.7 Å². The predicted molar refractivity (Wildman–Crippen MR) is 71.7 cm³/mol. The van der Waals surface area contributed by atoms with Crippen molar-refractivity contribution in [3.05, 3.63) is 29.8 Å². The van der Waals surface area contributed by atoms with Crippen LogP contribution in [-0.4, -0.2) is 35.2 Å². The van der Waals surface area contributed by atoms with Crippen molar-refractivity contribution in [1.29, 1.82) is 0 Å². The maximum atomic E-state index is 11.5. The molecule has 5 heteroatoms. The minimum absolute atomic E-state index is 0.344. The first kappa shape index (κ1) is 14.6. The fourth-order valence-electron chi connectivity index (χ4n) is 1.82. The van der Waals surface area contributed by atoms with Gasteiger partial charge in [-0.15, -0.1) is 11.8 Å². The fourth-order valence-corrected chi connectivity index (χ4v) is 2.23. The standard InChI is InChI=1S/C13H17NO3S/c1-4-14(9-15)13(2,12(16)17)10-5-7-11(18-3)8-6-10/h5-9H,4H2,1-3H3,(H,16,17). The number of likely N-dealkylation sites (N-methyl/N-ethyl adjacent to an activating group) is 1. The molecule has 18 heavy (non-hydrogen) atoms. The molecule has 98 valence electrons. The molecule has 0 radical (unpaired) electrons. The van der Waals surface area contributed by atoms with Crippen LogP contribution in [0.5, 0.6) is 0 Å². The van der Waals surface area contributed by atoms with Gasteiger partial charge < -0.3 is 10.0 Å². The summed E-state index contributed by atoms with van der Waals surface area (Å²) >= 11 is 1.59. The highest BCUT2D eigenvalue weighted by atomic mass is 32.2. The number of hydrogen-bond donors (Lipinski definition) is 1. The van der Waals surface area contributed by atoms with Gasteiger partial charge in [-0.2, -0.15) is 0 Å². The number of carboxylic acids is 1. The minimum atomic E-state index is -1.33. The molecule has 1 unspecified atom stereocenters. The van der Waals surface area contributed by atoms with Crippen LogP contribution >= 0.6 is 11.8 Å². The van der Waals surface area contributed by atoms with Crippen molar-refractivity contribution in [3.63, 3.8) is 0 Å². The number of carbonyl (C=O) groups excluding carboxylic acids is 1. The molecule has 0 bridgehead atoms. The summed E-state index contributed by atoms with van der Waals surface area (Å²) in [4.78, 5) is 24.9. The van der Waals surface area contributed by atoms with Gasteiger partial charge in [0.05, 0.1) is 0 Å². The van der Waals surface area contributed by atoms with E-state index in [1.165, 1.54) is 4.90 Å². The van der Waals surface area contributed by atoms with Gasteiger partial charge >= 0.3 is 5.97 Å². The van der Waals surface area contributed by atoms with Crippen LogP contribution in [0.2, 0.25) is 0 Å². The number of thioether (sulfide) groups is 1. The van der Waals surface area contributed by atoms with Crippen LogP contribution in [-0.2, 0) is 15.1 Å². The minimum Gasteiger partial charge on any atom is -0.479 e. The van der Waals surface area contributed by atoms with Crippen molar-refractivity contribution in [1.82, 2.24) is 4.90 Å². The van der Waals surface area contributed by atoms with E-state index >= 15 is 0 Å². The van der Waals surface area contributed by atoms with Crippen LogP contribution in [0.1, 0.15) is 19.4 Å². The number of rotatable bonds is 6. The van der Waals surface area contributed by atoms with Crippen molar-refractivity contribution in [3.8, 4) is 0 Å². The van der Waals surface area contributed by atoms with Gasteiger partial charge in [-0.3, -0.25) is 4.79 Å². The highest BCUT2D eigenvalue weighted by Gasteiger charge is 2.40. The van der Waals surface area contributed by atoms with Crippen molar-refractivity contribution < 1.29 is 14.7 Å². The molecular formula is C13H17NO3S. The highest BCUT2D eigenvalue weighted by Crippen LogP contribution is 2.29. The second-order valence-electron chi connectivity index (χ2n) is 4.00. The Kier molecular flexibility index (Phi) is 4.78. The summed E-state index contributed by atoms with van der Waals surface area (Å²) in [7, 11) is 0. The Bertz CT molecular complexity index is 432. The molecule has 0 aliphatic heterocycles. The topological polar surface area (TPSA) is 57.6 Å². The van der Waals surface area contributed by atoms with Gasteiger partial charge in [-0.25, -0.2) is 4.79 Å². The summed E-state index contributed by atoms with van der Waals surface area (Å²) in [6.45, 7) is 3.64. The lowest BCUT2D eigenvalue weighted by Crippen LogP contribution is -2.49. The first-order valence-electron chi connectivity index (χ1n) is 5.60. The lowest BCUT2D eigenvalue weighted by molar-refractivity contribution is -0.154. The van der Waals surface area contributed by atoms with Crippen LogP contribution in [0.25, 0.3) is 0 Å². The lowest BCUT2D eigenvalue weighted by atomic mass is 9.90. The molecule has 0 aliphatic carbocycles. The number of benzene rings is 1. The van der Waals surface area contributed by atoms with E-state index in [1.807, 2.05) is 18.4 Å². The molecule has 0 aromatic heterocycles. The summed E-state index contributed by atoms with van der Waals surface area (Å²) in [5.41, 5.74) is -0.727. The van der Waals surface area contributed by atoms with Crippen LogP contribution in [0, 0.1) is 0 Å². The molecule has 1 atom stereocenters. The molecule has 0 heterocycles.